The molecule has 7 heteroatoms. The molecule has 1 aliphatic rings. The van der Waals surface area contributed by atoms with Crippen molar-refractivity contribution >= 4 is 34.1 Å². The zero-order valence-electron chi connectivity index (χ0n) is 15.1. The Bertz CT molecular complexity index is 1210. The number of rotatable bonds is 1. The summed E-state index contributed by atoms with van der Waals surface area (Å²) in [6, 6.07) is 8.15. The molecule has 0 fully saturated rings. The number of hydrogen-bond donors (Lipinski definition) is 0. The van der Waals surface area contributed by atoms with Gasteiger partial charge in [0, 0.05) is 43.0 Å². The molecule has 0 saturated carbocycles. The predicted octanol–water partition coefficient (Wildman–Crippen LogP) is 3.63. The van der Waals surface area contributed by atoms with E-state index in [0.29, 0.717) is 22.9 Å². The van der Waals surface area contributed by atoms with Gasteiger partial charge in [0.1, 0.15) is 0 Å². The number of nitrogens with zero attached hydrogens (tertiary/aromatic N) is 5. The number of amides is 1. The summed E-state index contributed by atoms with van der Waals surface area (Å²) in [5.41, 5.74) is 4.77. The van der Waals surface area contributed by atoms with Crippen molar-refractivity contribution in [1.82, 2.24) is 24.1 Å². The molecule has 4 aromatic rings. The van der Waals surface area contributed by atoms with E-state index in [-0.39, 0.29) is 11.9 Å². The van der Waals surface area contributed by atoms with Crippen molar-refractivity contribution in [2.24, 2.45) is 7.05 Å². The summed E-state index contributed by atoms with van der Waals surface area (Å²) >= 11 is 5.96. The predicted molar refractivity (Wildman–Crippen MR) is 104 cm³/mol. The van der Waals surface area contributed by atoms with Crippen LogP contribution in [0.25, 0.3) is 16.6 Å². The van der Waals surface area contributed by atoms with Crippen LogP contribution < -0.4 is 0 Å². The number of halogens is 1. The van der Waals surface area contributed by atoms with Gasteiger partial charge in [0.05, 0.1) is 17.3 Å². The van der Waals surface area contributed by atoms with Gasteiger partial charge in [0.25, 0.3) is 5.91 Å². The smallest absolute Gasteiger partial charge is 0.274 e. The van der Waals surface area contributed by atoms with E-state index in [9.17, 15) is 4.79 Å². The summed E-state index contributed by atoms with van der Waals surface area (Å²) in [5, 5.41) is 6.13. The van der Waals surface area contributed by atoms with Crippen LogP contribution in [0.4, 0.5) is 0 Å². The van der Waals surface area contributed by atoms with Gasteiger partial charge in [-0.05, 0) is 36.6 Å². The Morgan fingerprint density at radius 2 is 2.15 bits per heavy atom. The molecule has 3 aromatic heterocycles. The molecule has 6 nitrogen and oxygen atoms in total. The second-order valence-electron chi connectivity index (χ2n) is 7.02. The van der Waals surface area contributed by atoms with Crippen molar-refractivity contribution in [2.75, 3.05) is 6.54 Å². The van der Waals surface area contributed by atoms with Crippen molar-refractivity contribution in [3.05, 3.63) is 64.7 Å². The van der Waals surface area contributed by atoms with Gasteiger partial charge in [-0.25, -0.2) is 9.50 Å². The largest absolute Gasteiger partial charge is 0.351 e. The van der Waals surface area contributed by atoms with Gasteiger partial charge in [0.15, 0.2) is 11.3 Å². The number of fused-ring (bicyclic) bond motifs is 4. The van der Waals surface area contributed by atoms with E-state index in [0.717, 1.165) is 6.42 Å². The second-order valence-corrected chi connectivity index (χ2v) is 7.46. The minimum absolute atomic E-state index is 0.00721. The molecule has 4 heterocycles. The maximum Gasteiger partial charge on any atom is 0.274 e. The van der Waals surface area contributed by atoms with Gasteiger partial charge < -0.3 is 9.47 Å². The average molecular weight is 380 g/mol. The first-order valence-electron chi connectivity index (χ1n) is 8.91. The van der Waals surface area contributed by atoms with Crippen LogP contribution in [-0.2, 0) is 13.5 Å². The van der Waals surface area contributed by atoms with E-state index < -0.39 is 0 Å². The third-order valence-electron chi connectivity index (χ3n) is 5.50. The van der Waals surface area contributed by atoms with E-state index in [2.05, 4.69) is 53.0 Å². The highest BCUT2D eigenvalue weighted by atomic mass is 35.5. The van der Waals surface area contributed by atoms with E-state index in [4.69, 9.17) is 11.6 Å². The lowest BCUT2D eigenvalue weighted by atomic mass is 9.90. The molecule has 136 valence electrons. The van der Waals surface area contributed by atoms with Crippen LogP contribution in [0.15, 0.2) is 42.9 Å². The minimum Gasteiger partial charge on any atom is -0.351 e. The molecule has 1 unspecified atom stereocenters. The highest BCUT2D eigenvalue weighted by Gasteiger charge is 2.30. The van der Waals surface area contributed by atoms with Crippen LogP contribution in [-0.4, -0.2) is 36.5 Å². The van der Waals surface area contributed by atoms with Crippen molar-refractivity contribution in [1.29, 1.82) is 0 Å². The lowest BCUT2D eigenvalue weighted by molar-refractivity contribution is 0.0672. The Morgan fingerprint density at radius 3 is 3.00 bits per heavy atom. The topological polar surface area (TPSA) is 55.4 Å². The highest BCUT2D eigenvalue weighted by molar-refractivity contribution is 6.30. The zero-order valence-corrected chi connectivity index (χ0v) is 15.8. The highest BCUT2D eigenvalue weighted by Crippen LogP contribution is 2.35. The molecule has 1 aromatic carbocycles. The van der Waals surface area contributed by atoms with Gasteiger partial charge in [-0.3, -0.25) is 4.79 Å². The van der Waals surface area contributed by atoms with Gasteiger partial charge in [-0.15, -0.1) is 0 Å². The molecule has 27 heavy (non-hydrogen) atoms. The van der Waals surface area contributed by atoms with Crippen LogP contribution in [0.1, 0.15) is 34.6 Å². The number of aryl methyl sites for hydroxylation is 1. The molecule has 1 atom stereocenters. The average Bonchev–Trinajstić information content (AvgIpc) is 3.25. The quantitative estimate of drug-likeness (QED) is 0.507. The van der Waals surface area contributed by atoms with Crippen molar-refractivity contribution in [2.45, 2.75) is 19.4 Å². The molecule has 0 saturated heterocycles. The molecule has 5 rings (SSSR count). The first kappa shape index (κ1) is 16.3. The van der Waals surface area contributed by atoms with Crippen molar-refractivity contribution < 1.29 is 4.79 Å². The number of benzene rings is 1. The Kier molecular flexibility index (Phi) is 3.52. The fraction of sp³-hybridized carbons (Fsp3) is 0.250. The van der Waals surface area contributed by atoms with Gasteiger partial charge in [-0.2, -0.15) is 5.10 Å². The Hall–Kier alpha value is -2.86. The number of hydrogen-bond acceptors (Lipinski definition) is 3. The SMILES string of the molecule is CC1c2ccc3c(ccn3C)c2CCN1C(=O)c1cc2ncc(Cl)cn2n1. The first-order chi connectivity index (χ1) is 13.0. The van der Waals surface area contributed by atoms with Crippen LogP contribution in [0.5, 0.6) is 0 Å². The number of aromatic nitrogens is 4. The maximum absolute atomic E-state index is 13.1. The standard InChI is InChI=1S/C20H18ClN5O/c1-12-14-3-4-18-16(5-7-24(18)2)15(14)6-8-25(12)20(27)17-9-19-22-10-13(21)11-26(19)23-17/h3-5,7,9-12H,6,8H2,1-2H3. The molecule has 0 N–H and O–H groups in total. The Morgan fingerprint density at radius 1 is 1.30 bits per heavy atom. The lowest BCUT2D eigenvalue weighted by Gasteiger charge is -2.35. The fourth-order valence-electron chi connectivity index (χ4n) is 4.08. The molecule has 0 bridgehead atoms. The third-order valence-corrected chi connectivity index (χ3v) is 5.69. The van der Waals surface area contributed by atoms with Crippen LogP contribution >= 0.6 is 11.6 Å². The van der Waals surface area contributed by atoms with E-state index in [1.54, 1.807) is 23.0 Å². The molecular formula is C20H18ClN5O. The van der Waals surface area contributed by atoms with E-state index in [1.165, 1.54) is 22.0 Å². The fourth-order valence-corrected chi connectivity index (χ4v) is 4.22. The molecule has 0 aliphatic carbocycles. The Labute approximate surface area is 161 Å². The van der Waals surface area contributed by atoms with Crippen molar-refractivity contribution in [3.8, 4) is 0 Å². The monoisotopic (exact) mass is 379 g/mol. The van der Waals surface area contributed by atoms with Gasteiger partial charge in [0.2, 0.25) is 0 Å². The summed E-state index contributed by atoms with van der Waals surface area (Å²) < 4.78 is 3.68. The van der Waals surface area contributed by atoms with Gasteiger partial charge in [-0.1, -0.05) is 17.7 Å². The van der Waals surface area contributed by atoms with Crippen molar-refractivity contribution in [3.63, 3.8) is 0 Å². The molecule has 0 radical (unpaired) electrons. The van der Waals surface area contributed by atoms with E-state index >= 15 is 0 Å². The minimum atomic E-state index is -0.0806. The second kappa shape index (κ2) is 5.82. The number of carbonyl (C=O) groups excluding carboxylic acids is 1. The summed E-state index contributed by atoms with van der Waals surface area (Å²) in [5.74, 6) is -0.0806. The summed E-state index contributed by atoms with van der Waals surface area (Å²) in [7, 11) is 2.06. The maximum atomic E-state index is 13.1. The summed E-state index contributed by atoms with van der Waals surface area (Å²) in [4.78, 5) is 19.2. The van der Waals surface area contributed by atoms with E-state index in [1.807, 2.05) is 4.90 Å². The van der Waals surface area contributed by atoms with Crippen LogP contribution in [0, 0.1) is 0 Å². The Balaban J connectivity index is 1.52. The summed E-state index contributed by atoms with van der Waals surface area (Å²) in [6.45, 7) is 2.75. The zero-order chi connectivity index (χ0) is 18.7. The lowest BCUT2D eigenvalue weighted by Crippen LogP contribution is -2.39. The van der Waals surface area contributed by atoms with Crippen LogP contribution in [0.3, 0.4) is 0 Å². The normalized spacial score (nSPS) is 16.9. The molecule has 0 spiro atoms. The summed E-state index contributed by atoms with van der Waals surface area (Å²) in [6.07, 6.45) is 6.13. The molecular weight excluding hydrogens is 362 g/mol. The first-order valence-corrected chi connectivity index (χ1v) is 9.29. The third kappa shape index (κ3) is 2.44. The number of carbonyl (C=O) groups is 1. The molecule has 1 aliphatic heterocycles. The van der Waals surface area contributed by atoms with Gasteiger partial charge >= 0.3 is 0 Å². The molecule has 1 amide bonds. The van der Waals surface area contributed by atoms with Crippen LogP contribution in [0.2, 0.25) is 5.02 Å².